The molecule has 0 atom stereocenters. The Kier molecular flexibility index (Phi) is 4.31. The van der Waals surface area contributed by atoms with Crippen molar-refractivity contribution in [1.29, 1.82) is 5.26 Å². The predicted molar refractivity (Wildman–Crippen MR) is 77.6 cm³/mol. The first-order chi connectivity index (χ1) is 9.15. The topological polar surface area (TPSA) is 35.8 Å². The third-order valence-corrected chi connectivity index (χ3v) is 3.64. The van der Waals surface area contributed by atoms with Gasteiger partial charge < -0.3 is 5.32 Å². The van der Waals surface area contributed by atoms with E-state index in [0.717, 1.165) is 4.90 Å². The van der Waals surface area contributed by atoms with Crippen molar-refractivity contribution < 1.29 is 4.39 Å². The predicted octanol–water partition coefficient (Wildman–Crippen LogP) is 4.82. The van der Waals surface area contributed by atoms with E-state index in [1.165, 1.54) is 23.9 Å². The van der Waals surface area contributed by atoms with Crippen LogP contribution in [0.15, 0.2) is 41.3 Å². The van der Waals surface area contributed by atoms with Crippen LogP contribution < -0.4 is 5.32 Å². The summed E-state index contributed by atoms with van der Waals surface area (Å²) in [4.78, 5) is 0.877. The Morgan fingerprint density at radius 3 is 2.74 bits per heavy atom. The van der Waals surface area contributed by atoms with E-state index in [2.05, 4.69) is 11.4 Å². The maximum Gasteiger partial charge on any atom is 0.143 e. The zero-order valence-electron chi connectivity index (χ0n) is 10.1. The fourth-order valence-electron chi connectivity index (χ4n) is 1.65. The van der Waals surface area contributed by atoms with Gasteiger partial charge in [0, 0.05) is 10.6 Å². The van der Waals surface area contributed by atoms with Crippen molar-refractivity contribution in [3.63, 3.8) is 0 Å². The van der Waals surface area contributed by atoms with E-state index in [4.69, 9.17) is 11.6 Å². The minimum Gasteiger partial charge on any atom is -0.354 e. The average molecular weight is 293 g/mol. The maximum absolute atomic E-state index is 13.4. The van der Waals surface area contributed by atoms with E-state index < -0.39 is 5.82 Å². The first kappa shape index (κ1) is 13.7. The van der Waals surface area contributed by atoms with Gasteiger partial charge in [-0.1, -0.05) is 17.7 Å². The van der Waals surface area contributed by atoms with Crippen LogP contribution in [0.5, 0.6) is 0 Å². The van der Waals surface area contributed by atoms with E-state index in [0.29, 0.717) is 16.9 Å². The summed E-state index contributed by atoms with van der Waals surface area (Å²) in [6.45, 7) is 0. The SMILES string of the molecule is CSc1cccc(Nc2ccc(Cl)c(F)c2)c1C#N. The van der Waals surface area contributed by atoms with E-state index in [9.17, 15) is 9.65 Å². The third kappa shape index (κ3) is 3.01. The van der Waals surface area contributed by atoms with Gasteiger partial charge in [0.1, 0.15) is 11.9 Å². The minimum atomic E-state index is -0.494. The van der Waals surface area contributed by atoms with Crippen molar-refractivity contribution in [2.75, 3.05) is 11.6 Å². The molecule has 0 spiro atoms. The van der Waals surface area contributed by atoms with Gasteiger partial charge in [-0.2, -0.15) is 5.26 Å². The molecule has 2 aromatic rings. The van der Waals surface area contributed by atoms with Crippen LogP contribution in [0, 0.1) is 17.1 Å². The fourth-order valence-corrected chi connectivity index (χ4v) is 2.34. The summed E-state index contributed by atoms with van der Waals surface area (Å²) in [5.41, 5.74) is 1.75. The smallest absolute Gasteiger partial charge is 0.143 e. The molecule has 0 amide bonds. The Morgan fingerprint density at radius 2 is 2.11 bits per heavy atom. The third-order valence-electron chi connectivity index (χ3n) is 2.56. The molecule has 0 unspecified atom stereocenters. The standard InChI is InChI=1S/C14H10ClFN2S/c1-19-14-4-2-3-13(10(14)8-17)18-9-5-6-11(15)12(16)7-9/h2-7,18H,1H3. The molecule has 0 aliphatic heterocycles. The van der Waals surface area contributed by atoms with Gasteiger partial charge >= 0.3 is 0 Å². The van der Waals surface area contributed by atoms with Crippen LogP contribution >= 0.6 is 23.4 Å². The molecule has 0 saturated heterocycles. The Morgan fingerprint density at radius 1 is 1.32 bits per heavy atom. The monoisotopic (exact) mass is 292 g/mol. The second kappa shape index (κ2) is 5.96. The molecular weight excluding hydrogens is 283 g/mol. The van der Waals surface area contributed by atoms with Gasteiger partial charge in [-0.15, -0.1) is 11.8 Å². The van der Waals surface area contributed by atoms with Crippen molar-refractivity contribution in [2.45, 2.75) is 4.90 Å². The van der Waals surface area contributed by atoms with Gasteiger partial charge in [-0.05, 0) is 36.6 Å². The highest BCUT2D eigenvalue weighted by Gasteiger charge is 2.08. The molecule has 2 aromatic carbocycles. The summed E-state index contributed by atoms with van der Waals surface area (Å²) in [6, 6.07) is 12.1. The largest absolute Gasteiger partial charge is 0.354 e. The first-order valence-electron chi connectivity index (χ1n) is 5.45. The zero-order chi connectivity index (χ0) is 13.8. The molecule has 2 nitrogen and oxygen atoms in total. The van der Waals surface area contributed by atoms with Gasteiger partial charge in [0.25, 0.3) is 0 Å². The van der Waals surface area contributed by atoms with Crippen LogP contribution in [0.25, 0.3) is 0 Å². The van der Waals surface area contributed by atoms with Gasteiger partial charge in [0.15, 0.2) is 0 Å². The summed E-state index contributed by atoms with van der Waals surface area (Å²) in [7, 11) is 0. The van der Waals surface area contributed by atoms with Gasteiger partial charge in [0.2, 0.25) is 0 Å². The van der Waals surface area contributed by atoms with Crippen LogP contribution in [0.2, 0.25) is 5.02 Å². The first-order valence-corrected chi connectivity index (χ1v) is 7.05. The number of nitriles is 1. The number of anilines is 2. The molecule has 0 saturated carbocycles. The quantitative estimate of drug-likeness (QED) is 0.824. The molecule has 0 aliphatic rings. The number of halogens is 2. The Balaban J connectivity index is 2.38. The number of nitrogens with one attached hydrogen (secondary N) is 1. The molecule has 96 valence electrons. The second-order valence-electron chi connectivity index (χ2n) is 3.75. The summed E-state index contributed by atoms with van der Waals surface area (Å²) in [5.74, 6) is -0.494. The number of hydrogen-bond acceptors (Lipinski definition) is 3. The summed E-state index contributed by atoms with van der Waals surface area (Å²) < 4.78 is 13.4. The Hall–Kier alpha value is -1.70. The normalized spacial score (nSPS) is 10.0. The lowest BCUT2D eigenvalue weighted by atomic mass is 10.2. The van der Waals surface area contributed by atoms with Crippen molar-refractivity contribution in [1.82, 2.24) is 0 Å². The average Bonchev–Trinajstić information content (AvgIpc) is 2.42. The summed E-state index contributed by atoms with van der Waals surface area (Å²) >= 11 is 7.12. The van der Waals surface area contributed by atoms with Crippen LogP contribution in [0.1, 0.15) is 5.56 Å². The van der Waals surface area contributed by atoms with Crippen molar-refractivity contribution in [3.05, 3.63) is 52.8 Å². The highest BCUT2D eigenvalue weighted by molar-refractivity contribution is 7.98. The summed E-state index contributed by atoms with van der Waals surface area (Å²) in [5, 5.41) is 12.3. The Bertz CT molecular complexity index is 652. The molecule has 1 N–H and O–H groups in total. The number of thioether (sulfide) groups is 1. The molecule has 5 heteroatoms. The fraction of sp³-hybridized carbons (Fsp3) is 0.0714. The van der Waals surface area contributed by atoms with Gasteiger partial charge in [-0.25, -0.2) is 4.39 Å². The maximum atomic E-state index is 13.4. The van der Waals surface area contributed by atoms with Crippen molar-refractivity contribution >= 4 is 34.7 Å². The Labute approximate surface area is 120 Å². The van der Waals surface area contributed by atoms with E-state index in [1.807, 2.05) is 18.4 Å². The van der Waals surface area contributed by atoms with E-state index in [-0.39, 0.29) is 5.02 Å². The van der Waals surface area contributed by atoms with Crippen LogP contribution in [0.4, 0.5) is 15.8 Å². The molecule has 19 heavy (non-hydrogen) atoms. The highest BCUT2D eigenvalue weighted by atomic mass is 35.5. The molecule has 0 radical (unpaired) electrons. The number of benzene rings is 2. The number of rotatable bonds is 3. The molecule has 0 heterocycles. The molecule has 2 rings (SSSR count). The second-order valence-corrected chi connectivity index (χ2v) is 5.00. The molecule has 0 aliphatic carbocycles. The highest BCUT2D eigenvalue weighted by Crippen LogP contribution is 2.29. The minimum absolute atomic E-state index is 0.0731. The molecule has 0 fully saturated rings. The van der Waals surface area contributed by atoms with Gasteiger partial charge in [0.05, 0.1) is 16.3 Å². The molecule has 0 aromatic heterocycles. The van der Waals surface area contributed by atoms with Crippen LogP contribution in [0.3, 0.4) is 0 Å². The lowest BCUT2D eigenvalue weighted by Crippen LogP contribution is -1.95. The van der Waals surface area contributed by atoms with Crippen LogP contribution in [-0.4, -0.2) is 6.26 Å². The van der Waals surface area contributed by atoms with Gasteiger partial charge in [-0.3, -0.25) is 0 Å². The summed E-state index contributed by atoms with van der Waals surface area (Å²) in [6.07, 6.45) is 1.90. The zero-order valence-corrected chi connectivity index (χ0v) is 11.6. The van der Waals surface area contributed by atoms with Crippen molar-refractivity contribution in [2.24, 2.45) is 0 Å². The number of hydrogen-bond donors (Lipinski definition) is 1. The lowest BCUT2D eigenvalue weighted by Gasteiger charge is -2.10. The lowest BCUT2D eigenvalue weighted by molar-refractivity contribution is 0.629. The van der Waals surface area contributed by atoms with Crippen LogP contribution in [-0.2, 0) is 0 Å². The van der Waals surface area contributed by atoms with E-state index >= 15 is 0 Å². The van der Waals surface area contributed by atoms with E-state index in [1.54, 1.807) is 12.1 Å². The van der Waals surface area contributed by atoms with Crippen molar-refractivity contribution in [3.8, 4) is 6.07 Å². The molecule has 0 bridgehead atoms. The number of nitrogens with zero attached hydrogens (tertiary/aromatic N) is 1. The molecular formula is C14H10ClFN2S.